The number of fused-ring (bicyclic) bond motifs is 1. The number of rotatable bonds is 4. The minimum absolute atomic E-state index is 0.204. The van der Waals surface area contributed by atoms with Gasteiger partial charge in [0.05, 0.1) is 31.4 Å². The molecular weight excluding hydrogens is 292 g/mol. The zero-order valence-corrected chi connectivity index (χ0v) is 14.5. The summed E-state index contributed by atoms with van der Waals surface area (Å²) in [5, 5.41) is 7.15. The lowest BCUT2D eigenvalue weighted by Crippen LogP contribution is -2.62. The van der Waals surface area contributed by atoms with E-state index in [-0.39, 0.29) is 5.91 Å². The van der Waals surface area contributed by atoms with Crippen LogP contribution in [0.25, 0.3) is 0 Å². The highest BCUT2D eigenvalue weighted by Gasteiger charge is 2.36. The number of hydrogen-bond donors (Lipinski definition) is 1. The van der Waals surface area contributed by atoms with Gasteiger partial charge in [0, 0.05) is 36.9 Å². The Bertz CT molecular complexity index is 535. The van der Waals surface area contributed by atoms with Gasteiger partial charge in [-0.1, -0.05) is 13.3 Å². The summed E-state index contributed by atoms with van der Waals surface area (Å²) in [6, 6.07) is 0.874. The van der Waals surface area contributed by atoms with Crippen molar-refractivity contribution in [1.29, 1.82) is 0 Å². The van der Waals surface area contributed by atoms with Crippen molar-refractivity contribution in [3.8, 4) is 0 Å². The average molecular weight is 320 g/mol. The predicted molar refractivity (Wildman–Crippen MR) is 88.4 cm³/mol. The minimum atomic E-state index is 0.204. The minimum Gasteiger partial charge on any atom is -0.378 e. The number of aryl methyl sites for hydroxylation is 2. The maximum atomic E-state index is 12.7. The molecule has 23 heavy (non-hydrogen) atoms. The normalized spacial score (nSPS) is 25.4. The molecule has 2 atom stereocenters. The van der Waals surface area contributed by atoms with Crippen LogP contribution in [0.15, 0.2) is 0 Å². The molecule has 0 radical (unpaired) electrons. The molecule has 0 unspecified atom stereocenters. The van der Waals surface area contributed by atoms with Gasteiger partial charge >= 0.3 is 0 Å². The van der Waals surface area contributed by atoms with Gasteiger partial charge in [-0.25, -0.2) is 0 Å². The fourth-order valence-electron chi connectivity index (χ4n) is 3.84. The summed E-state index contributed by atoms with van der Waals surface area (Å²) in [5.74, 6) is 0.204. The van der Waals surface area contributed by atoms with E-state index in [1.165, 1.54) is 12.8 Å². The van der Waals surface area contributed by atoms with Gasteiger partial charge < -0.3 is 9.64 Å². The van der Waals surface area contributed by atoms with Crippen LogP contribution >= 0.6 is 0 Å². The monoisotopic (exact) mass is 320 g/mol. The molecular formula is C17H28N4O2. The van der Waals surface area contributed by atoms with Crippen molar-refractivity contribution in [3.05, 3.63) is 17.0 Å². The van der Waals surface area contributed by atoms with Crippen LogP contribution in [0.1, 0.15) is 36.7 Å². The molecule has 2 saturated heterocycles. The summed E-state index contributed by atoms with van der Waals surface area (Å²) in [6.45, 7) is 10.3. The number of aromatic nitrogens is 2. The molecule has 0 aromatic carbocycles. The van der Waals surface area contributed by atoms with Crippen LogP contribution in [0.5, 0.6) is 0 Å². The van der Waals surface area contributed by atoms with Gasteiger partial charge in [-0.15, -0.1) is 0 Å². The molecule has 2 aliphatic heterocycles. The van der Waals surface area contributed by atoms with Gasteiger partial charge in [0.2, 0.25) is 5.91 Å². The second-order valence-electron chi connectivity index (χ2n) is 6.80. The quantitative estimate of drug-likeness (QED) is 0.908. The first kappa shape index (κ1) is 16.5. The van der Waals surface area contributed by atoms with Gasteiger partial charge in [-0.3, -0.25) is 14.8 Å². The van der Waals surface area contributed by atoms with Crippen LogP contribution in [0.3, 0.4) is 0 Å². The average Bonchev–Trinajstić information content (AvgIpc) is 2.87. The second-order valence-corrected chi connectivity index (χ2v) is 6.80. The first-order valence-corrected chi connectivity index (χ1v) is 8.71. The van der Waals surface area contributed by atoms with Crippen molar-refractivity contribution in [3.63, 3.8) is 0 Å². The number of aromatic amines is 1. The molecule has 6 heteroatoms. The van der Waals surface area contributed by atoms with Gasteiger partial charge in [0.15, 0.2) is 0 Å². The molecule has 3 rings (SSSR count). The summed E-state index contributed by atoms with van der Waals surface area (Å²) in [4.78, 5) is 17.2. The molecule has 128 valence electrons. The van der Waals surface area contributed by atoms with E-state index in [1.54, 1.807) is 0 Å². The molecule has 6 nitrogen and oxygen atoms in total. The summed E-state index contributed by atoms with van der Waals surface area (Å²) in [6.07, 6.45) is 2.80. The Labute approximate surface area is 138 Å². The smallest absolute Gasteiger partial charge is 0.227 e. The highest BCUT2D eigenvalue weighted by atomic mass is 16.5. The number of nitrogens with zero attached hydrogens (tertiary/aromatic N) is 3. The van der Waals surface area contributed by atoms with E-state index < -0.39 is 0 Å². The van der Waals surface area contributed by atoms with Crippen LogP contribution in [-0.2, 0) is 16.0 Å². The van der Waals surface area contributed by atoms with Crippen LogP contribution in [0.2, 0.25) is 0 Å². The Morgan fingerprint density at radius 2 is 2.17 bits per heavy atom. The maximum absolute atomic E-state index is 12.7. The Kier molecular flexibility index (Phi) is 5.02. The van der Waals surface area contributed by atoms with Crippen molar-refractivity contribution in [2.24, 2.45) is 0 Å². The Morgan fingerprint density at radius 1 is 1.35 bits per heavy atom. The number of H-pyrrole nitrogens is 1. The lowest BCUT2D eigenvalue weighted by Gasteiger charge is -2.48. The number of amides is 1. The van der Waals surface area contributed by atoms with Crippen LogP contribution in [-0.4, -0.2) is 70.8 Å². The molecule has 1 N–H and O–H groups in total. The van der Waals surface area contributed by atoms with E-state index in [9.17, 15) is 4.79 Å². The van der Waals surface area contributed by atoms with E-state index in [1.807, 2.05) is 18.7 Å². The van der Waals surface area contributed by atoms with Crippen molar-refractivity contribution in [2.45, 2.75) is 52.1 Å². The number of piperazine rings is 1. The second kappa shape index (κ2) is 7.01. The molecule has 0 saturated carbocycles. The summed E-state index contributed by atoms with van der Waals surface area (Å²) < 4.78 is 5.78. The molecule has 0 bridgehead atoms. The third kappa shape index (κ3) is 3.43. The standard InChI is InChI=1S/C17H28N4O2/c1-4-5-14-10-23-11-15-9-20(6-7-21(14)15)17(22)8-16-12(2)18-19-13(16)3/h14-15H,4-11H2,1-3H3,(H,18,19)/t14-,15+/m0/s1. The Balaban J connectivity index is 1.62. The number of ether oxygens (including phenoxy) is 1. The first-order chi connectivity index (χ1) is 11.1. The highest BCUT2D eigenvalue weighted by Crippen LogP contribution is 2.22. The van der Waals surface area contributed by atoms with Crippen molar-refractivity contribution in [1.82, 2.24) is 20.0 Å². The van der Waals surface area contributed by atoms with Gasteiger partial charge in [0.25, 0.3) is 0 Å². The van der Waals surface area contributed by atoms with Crippen LogP contribution in [0, 0.1) is 13.8 Å². The molecule has 3 heterocycles. The fourth-order valence-corrected chi connectivity index (χ4v) is 3.84. The first-order valence-electron chi connectivity index (χ1n) is 8.71. The molecule has 1 aromatic rings. The maximum Gasteiger partial charge on any atom is 0.227 e. The van der Waals surface area contributed by atoms with Crippen molar-refractivity contribution < 1.29 is 9.53 Å². The molecule has 1 aromatic heterocycles. The van der Waals surface area contributed by atoms with Gasteiger partial charge in [-0.05, 0) is 20.3 Å². The lowest BCUT2D eigenvalue weighted by atomic mass is 10.0. The van der Waals surface area contributed by atoms with Gasteiger partial charge in [-0.2, -0.15) is 5.10 Å². The van der Waals surface area contributed by atoms with Crippen molar-refractivity contribution in [2.75, 3.05) is 32.8 Å². The zero-order valence-electron chi connectivity index (χ0n) is 14.5. The Morgan fingerprint density at radius 3 is 2.87 bits per heavy atom. The summed E-state index contributed by atoms with van der Waals surface area (Å²) in [7, 11) is 0. The Hall–Kier alpha value is -1.40. The topological polar surface area (TPSA) is 61.5 Å². The SMILES string of the molecule is CCC[C@H]1COC[C@H]2CN(C(=O)Cc3c(C)n[nH]c3C)CCN12. The van der Waals surface area contributed by atoms with E-state index in [4.69, 9.17) is 4.74 Å². The predicted octanol–water partition coefficient (Wildman–Crippen LogP) is 1.28. The number of hydrogen-bond acceptors (Lipinski definition) is 4. The molecule has 2 fully saturated rings. The lowest BCUT2D eigenvalue weighted by molar-refractivity contribution is -0.139. The number of nitrogens with one attached hydrogen (secondary N) is 1. The fraction of sp³-hybridized carbons (Fsp3) is 0.765. The number of carbonyl (C=O) groups excluding carboxylic acids is 1. The third-order valence-corrected chi connectivity index (χ3v) is 5.20. The van der Waals surface area contributed by atoms with E-state index in [2.05, 4.69) is 22.0 Å². The molecule has 2 aliphatic rings. The van der Waals surface area contributed by atoms with E-state index in [0.717, 1.165) is 49.8 Å². The summed E-state index contributed by atoms with van der Waals surface area (Å²) in [5.41, 5.74) is 2.97. The van der Waals surface area contributed by atoms with Crippen molar-refractivity contribution >= 4 is 5.91 Å². The number of morpholine rings is 1. The van der Waals surface area contributed by atoms with E-state index in [0.29, 0.717) is 18.5 Å². The van der Waals surface area contributed by atoms with Crippen LogP contribution < -0.4 is 0 Å². The highest BCUT2D eigenvalue weighted by molar-refractivity contribution is 5.79. The van der Waals surface area contributed by atoms with E-state index >= 15 is 0 Å². The number of carbonyl (C=O) groups is 1. The zero-order chi connectivity index (χ0) is 16.4. The molecule has 0 aliphatic carbocycles. The largest absolute Gasteiger partial charge is 0.378 e. The van der Waals surface area contributed by atoms with Crippen LogP contribution in [0.4, 0.5) is 0 Å². The molecule has 0 spiro atoms. The van der Waals surface area contributed by atoms with Gasteiger partial charge in [0.1, 0.15) is 0 Å². The summed E-state index contributed by atoms with van der Waals surface area (Å²) >= 11 is 0. The molecule has 1 amide bonds. The third-order valence-electron chi connectivity index (χ3n) is 5.20.